The van der Waals surface area contributed by atoms with E-state index in [4.69, 9.17) is 15.3 Å². The maximum Gasteiger partial charge on any atom is 0.303 e. The lowest BCUT2D eigenvalue weighted by molar-refractivity contribution is -0.138. The van der Waals surface area contributed by atoms with E-state index in [0.717, 1.165) is 0 Å². The maximum absolute atomic E-state index is 10.6. The molecule has 1 aromatic heterocycles. The Labute approximate surface area is 174 Å². The van der Waals surface area contributed by atoms with Gasteiger partial charge in [0.2, 0.25) is 17.8 Å². The fourth-order valence-electron chi connectivity index (χ4n) is 2.42. The molecule has 0 fully saturated rings. The number of anilines is 3. The van der Waals surface area contributed by atoms with E-state index in [1.165, 1.54) is 0 Å². The van der Waals surface area contributed by atoms with Gasteiger partial charge in [0.15, 0.2) is 0 Å². The van der Waals surface area contributed by atoms with Crippen LogP contribution >= 0.6 is 0 Å². The molecule has 0 saturated carbocycles. The van der Waals surface area contributed by atoms with Gasteiger partial charge in [-0.3, -0.25) is 14.4 Å². The number of carboxylic acid groups (broad SMARTS) is 3. The van der Waals surface area contributed by atoms with Crippen LogP contribution in [0.2, 0.25) is 0 Å². The van der Waals surface area contributed by atoms with E-state index in [0.29, 0.717) is 76.0 Å². The quantitative estimate of drug-likeness (QED) is 0.187. The van der Waals surface area contributed by atoms with Crippen LogP contribution in [0.3, 0.4) is 0 Å². The molecule has 0 saturated heterocycles. The van der Waals surface area contributed by atoms with Crippen LogP contribution in [0.25, 0.3) is 0 Å². The van der Waals surface area contributed by atoms with Crippen molar-refractivity contribution in [1.29, 1.82) is 0 Å². The van der Waals surface area contributed by atoms with E-state index in [2.05, 4.69) is 30.9 Å². The van der Waals surface area contributed by atoms with Gasteiger partial charge in [0.25, 0.3) is 0 Å². The zero-order valence-electron chi connectivity index (χ0n) is 16.9. The van der Waals surface area contributed by atoms with E-state index < -0.39 is 17.9 Å². The molecule has 0 radical (unpaired) electrons. The van der Waals surface area contributed by atoms with Gasteiger partial charge >= 0.3 is 17.9 Å². The highest BCUT2D eigenvalue weighted by atomic mass is 16.4. The minimum atomic E-state index is -0.834. The standard InChI is InChI=1S/C18H30N6O6/c25-13(26)7-1-4-10-19-16-22-17(20-11-5-2-8-14(27)28)24-18(23-16)21-12-6-3-9-15(29)30/h1-12H2,(H,25,26)(H,27,28)(H,29,30)(H3,19,20,21,22,23,24). The smallest absolute Gasteiger partial charge is 0.303 e. The van der Waals surface area contributed by atoms with Crippen LogP contribution in [0.1, 0.15) is 57.8 Å². The molecule has 0 amide bonds. The third-order valence-electron chi connectivity index (χ3n) is 3.94. The van der Waals surface area contributed by atoms with Gasteiger partial charge in [0, 0.05) is 38.9 Å². The van der Waals surface area contributed by atoms with Gasteiger partial charge in [0.05, 0.1) is 0 Å². The van der Waals surface area contributed by atoms with Crippen LogP contribution in [0, 0.1) is 0 Å². The second kappa shape index (κ2) is 14.8. The zero-order valence-corrected chi connectivity index (χ0v) is 16.9. The molecule has 0 unspecified atom stereocenters. The Morgan fingerprint density at radius 1 is 0.533 bits per heavy atom. The molecule has 0 aliphatic rings. The molecule has 12 heteroatoms. The topological polar surface area (TPSA) is 187 Å². The van der Waals surface area contributed by atoms with Crippen LogP contribution in [0.4, 0.5) is 17.8 Å². The molecule has 0 bridgehead atoms. The van der Waals surface area contributed by atoms with Gasteiger partial charge in [-0.2, -0.15) is 15.0 Å². The lowest BCUT2D eigenvalue weighted by Gasteiger charge is -2.11. The number of aromatic nitrogens is 3. The number of unbranched alkanes of at least 4 members (excludes halogenated alkanes) is 3. The summed E-state index contributed by atoms with van der Waals surface area (Å²) in [4.78, 5) is 44.5. The number of nitrogens with zero attached hydrogens (tertiary/aromatic N) is 3. The van der Waals surface area contributed by atoms with Crippen molar-refractivity contribution >= 4 is 35.8 Å². The average Bonchev–Trinajstić information content (AvgIpc) is 2.66. The number of carboxylic acids is 3. The summed E-state index contributed by atoms with van der Waals surface area (Å²) in [5, 5.41) is 35.1. The van der Waals surface area contributed by atoms with Crippen LogP contribution < -0.4 is 16.0 Å². The van der Waals surface area contributed by atoms with Crippen molar-refractivity contribution < 1.29 is 29.7 Å². The second-order valence-electron chi connectivity index (χ2n) is 6.64. The van der Waals surface area contributed by atoms with Crippen molar-refractivity contribution in [3.63, 3.8) is 0 Å². The first-order chi connectivity index (χ1) is 14.4. The first kappa shape index (κ1) is 24.9. The predicted molar refractivity (Wildman–Crippen MR) is 110 cm³/mol. The van der Waals surface area contributed by atoms with E-state index in [1.807, 2.05) is 0 Å². The summed E-state index contributed by atoms with van der Waals surface area (Å²) in [6.07, 6.45) is 3.86. The lowest BCUT2D eigenvalue weighted by Crippen LogP contribution is -2.14. The molecule has 1 aromatic rings. The molecule has 0 aliphatic carbocycles. The van der Waals surface area contributed by atoms with E-state index in [1.54, 1.807) is 0 Å². The minimum absolute atomic E-state index is 0.102. The van der Waals surface area contributed by atoms with Crippen LogP contribution in [0.5, 0.6) is 0 Å². The molecule has 0 aromatic carbocycles. The largest absolute Gasteiger partial charge is 0.481 e. The molecule has 12 nitrogen and oxygen atoms in total. The van der Waals surface area contributed by atoms with E-state index >= 15 is 0 Å². The summed E-state index contributed by atoms with van der Waals surface area (Å²) in [6, 6.07) is 0. The van der Waals surface area contributed by atoms with Crippen LogP contribution in [-0.4, -0.2) is 67.8 Å². The lowest BCUT2D eigenvalue weighted by atomic mass is 10.2. The van der Waals surface area contributed by atoms with Gasteiger partial charge in [0.1, 0.15) is 0 Å². The summed E-state index contributed by atoms with van der Waals surface area (Å²) in [7, 11) is 0. The third kappa shape index (κ3) is 13.1. The Morgan fingerprint density at radius 3 is 1.03 bits per heavy atom. The number of carbonyl (C=O) groups is 3. The number of hydrogen-bond donors (Lipinski definition) is 6. The van der Waals surface area contributed by atoms with E-state index in [-0.39, 0.29) is 19.3 Å². The second-order valence-corrected chi connectivity index (χ2v) is 6.64. The van der Waals surface area contributed by atoms with Gasteiger partial charge in [-0.1, -0.05) is 0 Å². The highest BCUT2D eigenvalue weighted by Crippen LogP contribution is 2.11. The first-order valence-corrected chi connectivity index (χ1v) is 10.00. The third-order valence-corrected chi connectivity index (χ3v) is 3.94. The average molecular weight is 426 g/mol. The van der Waals surface area contributed by atoms with Crippen molar-refractivity contribution in [1.82, 2.24) is 15.0 Å². The van der Waals surface area contributed by atoms with Crippen molar-refractivity contribution in [2.24, 2.45) is 0 Å². The molecule has 30 heavy (non-hydrogen) atoms. The van der Waals surface area contributed by atoms with Gasteiger partial charge < -0.3 is 31.3 Å². The Hall–Kier alpha value is -3.18. The van der Waals surface area contributed by atoms with Gasteiger partial charge in [-0.15, -0.1) is 0 Å². The van der Waals surface area contributed by atoms with Crippen LogP contribution in [-0.2, 0) is 14.4 Å². The Morgan fingerprint density at radius 2 is 0.800 bits per heavy atom. The summed E-state index contributed by atoms with van der Waals surface area (Å²) in [6.45, 7) is 1.52. The minimum Gasteiger partial charge on any atom is -0.481 e. The molecule has 1 heterocycles. The summed E-state index contributed by atoms with van der Waals surface area (Å²) < 4.78 is 0. The molecule has 6 N–H and O–H groups in total. The molecule has 1 rings (SSSR count). The molecule has 0 spiro atoms. The summed E-state index contributed by atoms with van der Waals surface area (Å²) in [5.74, 6) is -1.50. The van der Waals surface area contributed by atoms with Crippen molar-refractivity contribution in [2.45, 2.75) is 57.8 Å². The fourth-order valence-corrected chi connectivity index (χ4v) is 2.42. The molecular formula is C18H30N6O6. The normalized spacial score (nSPS) is 10.4. The number of nitrogens with one attached hydrogen (secondary N) is 3. The van der Waals surface area contributed by atoms with Crippen molar-refractivity contribution in [3.8, 4) is 0 Å². The maximum atomic E-state index is 10.6. The Kier molecular flexibility index (Phi) is 12.2. The summed E-state index contributed by atoms with van der Waals surface area (Å²) in [5.41, 5.74) is 0. The molecule has 0 atom stereocenters. The number of rotatable bonds is 18. The Balaban J connectivity index is 2.56. The first-order valence-electron chi connectivity index (χ1n) is 10.00. The molecular weight excluding hydrogens is 396 g/mol. The number of hydrogen-bond acceptors (Lipinski definition) is 9. The van der Waals surface area contributed by atoms with Crippen LogP contribution in [0.15, 0.2) is 0 Å². The SMILES string of the molecule is O=C(O)CCCCNc1nc(NCCCCC(=O)O)nc(NCCCCC(=O)O)n1. The van der Waals surface area contributed by atoms with Crippen molar-refractivity contribution in [3.05, 3.63) is 0 Å². The fraction of sp³-hybridized carbons (Fsp3) is 0.667. The zero-order chi connectivity index (χ0) is 22.2. The predicted octanol–water partition coefficient (Wildman–Crippen LogP) is 1.87. The summed E-state index contributed by atoms with van der Waals surface area (Å²) >= 11 is 0. The molecule has 0 aliphatic heterocycles. The monoisotopic (exact) mass is 426 g/mol. The van der Waals surface area contributed by atoms with Gasteiger partial charge in [-0.25, -0.2) is 0 Å². The van der Waals surface area contributed by atoms with Crippen molar-refractivity contribution in [2.75, 3.05) is 35.6 Å². The van der Waals surface area contributed by atoms with E-state index in [9.17, 15) is 14.4 Å². The molecule has 168 valence electrons. The van der Waals surface area contributed by atoms with Gasteiger partial charge in [-0.05, 0) is 38.5 Å². The Bertz CT molecular complexity index is 584. The highest BCUT2D eigenvalue weighted by Gasteiger charge is 2.07. The highest BCUT2D eigenvalue weighted by molar-refractivity contribution is 5.67. The number of aliphatic carboxylic acids is 3.